The molecule has 0 saturated carbocycles. The molecular formula is C2H4N2O2S3. The van der Waals surface area contributed by atoms with Crippen LogP contribution in [0.25, 0.3) is 0 Å². The molecule has 0 atom stereocenters. The first-order chi connectivity index (χ1) is 3.92. The van der Waals surface area contributed by atoms with Gasteiger partial charge in [-0.2, -0.15) is 0 Å². The zero-order valence-electron chi connectivity index (χ0n) is 4.47. The summed E-state index contributed by atoms with van der Waals surface area (Å²) in [6.07, 6.45) is 0.919. The molecule has 0 aromatic heterocycles. The van der Waals surface area contributed by atoms with Crippen LogP contribution in [0.15, 0.2) is 9.63 Å². The van der Waals surface area contributed by atoms with Gasteiger partial charge in [0.1, 0.15) is 0 Å². The van der Waals surface area contributed by atoms with Gasteiger partial charge < -0.3 is 0 Å². The van der Waals surface area contributed by atoms with Crippen molar-refractivity contribution >= 4 is 39.2 Å². The Hall–Kier alpha value is -0.0100. The number of hydrogen-bond acceptors (Lipinski definition) is 3. The van der Waals surface area contributed by atoms with Crippen molar-refractivity contribution in [3.8, 4) is 0 Å². The molecule has 0 heterocycles. The average Bonchev–Trinajstić information content (AvgIpc) is 1.59. The lowest BCUT2D eigenvalue weighted by Gasteiger charge is -1.80. The molecule has 0 fully saturated rings. The molecule has 9 heavy (non-hydrogen) atoms. The molecule has 0 aliphatic heterocycles. The lowest BCUT2D eigenvalue weighted by Crippen LogP contribution is -1.88. The van der Waals surface area contributed by atoms with E-state index in [0.29, 0.717) is 0 Å². The van der Waals surface area contributed by atoms with Crippen molar-refractivity contribution in [1.82, 2.24) is 0 Å². The molecule has 0 rings (SSSR count). The van der Waals surface area contributed by atoms with E-state index in [-0.39, 0.29) is 4.32 Å². The van der Waals surface area contributed by atoms with Crippen molar-refractivity contribution in [3.05, 3.63) is 0 Å². The summed E-state index contributed by atoms with van der Waals surface area (Å²) in [5, 5.41) is 3.03. The molecule has 4 nitrogen and oxygen atoms in total. The largest absolute Gasteiger partial charge is 0.267 e. The summed E-state index contributed by atoms with van der Waals surface area (Å²) in [5.41, 5.74) is 0. The number of sulfonamides is 1. The Bertz CT molecular complexity index is 228. The molecule has 0 aliphatic rings. The van der Waals surface area contributed by atoms with E-state index in [1.807, 2.05) is 0 Å². The van der Waals surface area contributed by atoms with E-state index in [2.05, 4.69) is 34.5 Å². The maximum Gasteiger partial charge on any atom is 0.267 e. The van der Waals surface area contributed by atoms with Gasteiger partial charge in [0.25, 0.3) is 10.0 Å². The van der Waals surface area contributed by atoms with Crippen molar-refractivity contribution < 1.29 is 8.42 Å². The standard InChI is InChI=1S/C2H4N2O2S3/c1-9(5,6)4-3-2(7)8/h1H3,(H,7,8). The Morgan fingerprint density at radius 2 is 2.11 bits per heavy atom. The summed E-state index contributed by atoms with van der Waals surface area (Å²) in [6, 6.07) is 0. The minimum atomic E-state index is -3.40. The minimum absolute atomic E-state index is 0.0968. The smallest absolute Gasteiger partial charge is 0.203 e. The number of thiol groups is 1. The highest BCUT2D eigenvalue weighted by Gasteiger charge is 1.93. The van der Waals surface area contributed by atoms with Crippen molar-refractivity contribution in [1.29, 1.82) is 0 Å². The van der Waals surface area contributed by atoms with Gasteiger partial charge in [0.15, 0.2) is 4.32 Å². The van der Waals surface area contributed by atoms with Crippen LogP contribution in [0.1, 0.15) is 0 Å². The van der Waals surface area contributed by atoms with E-state index < -0.39 is 10.0 Å². The highest BCUT2D eigenvalue weighted by atomic mass is 32.2. The second-order valence-electron chi connectivity index (χ2n) is 1.20. The summed E-state index contributed by atoms with van der Waals surface area (Å²) >= 11 is 7.82. The second kappa shape index (κ2) is 3.23. The first kappa shape index (κ1) is 8.99. The van der Waals surface area contributed by atoms with Gasteiger partial charge in [0.2, 0.25) is 0 Å². The minimum Gasteiger partial charge on any atom is -0.203 e. The van der Waals surface area contributed by atoms with E-state index in [9.17, 15) is 8.42 Å². The molecule has 0 bridgehead atoms. The van der Waals surface area contributed by atoms with Crippen molar-refractivity contribution in [2.45, 2.75) is 0 Å². The summed E-state index contributed by atoms with van der Waals surface area (Å²) in [7, 11) is -3.40. The number of thiocarbonyl (C=S) groups is 1. The molecule has 0 radical (unpaired) electrons. The third-order valence-electron chi connectivity index (χ3n) is 0.275. The topological polar surface area (TPSA) is 58.9 Å². The Labute approximate surface area is 63.8 Å². The maximum absolute atomic E-state index is 10.2. The van der Waals surface area contributed by atoms with Gasteiger partial charge in [-0.1, -0.05) is 4.52 Å². The van der Waals surface area contributed by atoms with Crippen LogP contribution in [0.3, 0.4) is 0 Å². The van der Waals surface area contributed by atoms with Gasteiger partial charge in [-0.25, -0.2) is 8.42 Å². The zero-order chi connectivity index (χ0) is 7.49. The predicted molar refractivity (Wildman–Crippen MR) is 41.3 cm³/mol. The van der Waals surface area contributed by atoms with Crippen LogP contribution in [0.5, 0.6) is 0 Å². The molecule has 0 N–H and O–H groups in total. The average molecular weight is 184 g/mol. The zero-order valence-corrected chi connectivity index (χ0v) is 7.00. The van der Waals surface area contributed by atoms with Crippen LogP contribution in [0.2, 0.25) is 0 Å². The Morgan fingerprint density at radius 1 is 1.67 bits per heavy atom. The summed E-state index contributed by atoms with van der Waals surface area (Å²) in [6.45, 7) is 0. The highest BCUT2D eigenvalue weighted by Crippen LogP contribution is 1.91. The van der Waals surface area contributed by atoms with Crippen molar-refractivity contribution in [2.75, 3.05) is 6.26 Å². The molecule has 0 spiro atoms. The fourth-order valence-electron chi connectivity index (χ4n) is 0.109. The first-order valence-electron chi connectivity index (χ1n) is 1.78. The molecular weight excluding hydrogens is 180 g/mol. The molecule has 0 saturated heterocycles. The van der Waals surface area contributed by atoms with Crippen LogP contribution < -0.4 is 0 Å². The predicted octanol–water partition coefficient (Wildman–Crippen LogP) is 0.613. The molecule has 0 amide bonds. The fourth-order valence-corrected chi connectivity index (χ4v) is 0.537. The van der Waals surface area contributed by atoms with Crippen LogP contribution in [-0.4, -0.2) is 19.0 Å². The van der Waals surface area contributed by atoms with Crippen molar-refractivity contribution in [2.24, 2.45) is 9.63 Å². The fraction of sp³-hybridized carbons (Fsp3) is 0.500. The lowest BCUT2D eigenvalue weighted by molar-refractivity contribution is 0.601. The van der Waals surface area contributed by atoms with Gasteiger partial charge in [-0.05, 0) is 12.2 Å². The van der Waals surface area contributed by atoms with Crippen LogP contribution >= 0.6 is 24.8 Å². The van der Waals surface area contributed by atoms with Gasteiger partial charge in [0, 0.05) is 0 Å². The molecule has 52 valence electrons. The van der Waals surface area contributed by atoms with Crippen LogP contribution in [0.4, 0.5) is 0 Å². The third kappa shape index (κ3) is 7.99. The van der Waals surface area contributed by atoms with E-state index in [0.717, 1.165) is 6.26 Å². The molecule has 0 aromatic carbocycles. The van der Waals surface area contributed by atoms with E-state index in [1.165, 1.54) is 0 Å². The van der Waals surface area contributed by atoms with Gasteiger partial charge in [-0.3, -0.25) is 0 Å². The molecule has 7 heteroatoms. The SMILES string of the molecule is CS(=O)(=O)N=NC(=S)S. The Balaban J connectivity index is 4.21. The van der Waals surface area contributed by atoms with E-state index in [4.69, 9.17) is 0 Å². The summed E-state index contributed by atoms with van der Waals surface area (Å²) in [4.78, 5) is 0. The number of hydrogen-bond donors (Lipinski definition) is 1. The second-order valence-corrected chi connectivity index (χ2v) is 3.94. The Morgan fingerprint density at radius 3 is 2.22 bits per heavy atom. The number of nitrogens with zero attached hydrogens (tertiary/aromatic N) is 2. The summed E-state index contributed by atoms with van der Waals surface area (Å²) < 4.78 is 23.1. The molecule has 0 aromatic rings. The molecule has 0 unspecified atom stereocenters. The normalized spacial score (nSPS) is 12.2. The van der Waals surface area contributed by atoms with Crippen molar-refractivity contribution in [3.63, 3.8) is 0 Å². The maximum atomic E-state index is 10.2. The summed E-state index contributed by atoms with van der Waals surface area (Å²) in [5.74, 6) is 0. The highest BCUT2D eigenvalue weighted by molar-refractivity contribution is 8.11. The van der Waals surface area contributed by atoms with E-state index >= 15 is 0 Å². The third-order valence-corrected chi connectivity index (χ3v) is 0.824. The number of rotatable bonds is 1. The van der Waals surface area contributed by atoms with Gasteiger partial charge in [-0.15, -0.1) is 17.7 Å². The lowest BCUT2D eigenvalue weighted by atomic mass is 11.5. The van der Waals surface area contributed by atoms with Gasteiger partial charge in [0.05, 0.1) is 6.26 Å². The first-order valence-corrected chi connectivity index (χ1v) is 4.48. The van der Waals surface area contributed by atoms with Gasteiger partial charge >= 0.3 is 0 Å². The monoisotopic (exact) mass is 184 g/mol. The van der Waals surface area contributed by atoms with Crippen LogP contribution in [-0.2, 0) is 10.0 Å². The quantitative estimate of drug-likeness (QED) is 0.369. The van der Waals surface area contributed by atoms with E-state index in [1.54, 1.807) is 0 Å². The molecule has 0 aliphatic carbocycles. The Kier molecular flexibility index (Phi) is 3.23. The van der Waals surface area contributed by atoms with Crippen LogP contribution in [0, 0.1) is 0 Å².